The Kier molecular flexibility index (Phi) is 3.71. The van der Waals surface area contributed by atoms with E-state index in [9.17, 15) is 4.79 Å². The molecule has 1 heterocycles. The van der Waals surface area contributed by atoms with Crippen molar-refractivity contribution in [2.45, 2.75) is 12.5 Å². The quantitative estimate of drug-likeness (QED) is 0.940. The molecule has 108 valence electrons. The van der Waals surface area contributed by atoms with Crippen LogP contribution < -0.4 is 9.47 Å². The molecule has 1 aliphatic heterocycles. The number of para-hydroxylation sites is 2. The molecule has 1 unspecified atom stereocenters. The topological polar surface area (TPSA) is 55.8 Å². The van der Waals surface area contributed by atoms with Crippen LogP contribution in [0.1, 0.15) is 15.9 Å². The molecule has 0 bridgehead atoms. The molecule has 21 heavy (non-hydrogen) atoms. The van der Waals surface area contributed by atoms with Gasteiger partial charge in [-0.2, -0.15) is 0 Å². The molecule has 0 aromatic heterocycles. The molecule has 2 aromatic rings. The molecule has 1 N–H and O–H groups in total. The third kappa shape index (κ3) is 2.81. The number of benzene rings is 2. The smallest absolute Gasteiger partial charge is 0.339 e. The van der Waals surface area contributed by atoms with Crippen molar-refractivity contribution in [3.05, 3.63) is 58.6 Å². The van der Waals surface area contributed by atoms with Crippen molar-refractivity contribution in [3.63, 3.8) is 0 Å². The molecule has 0 saturated carbocycles. The van der Waals surface area contributed by atoms with Gasteiger partial charge in [-0.25, -0.2) is 4.79 Å². The first-order chi connectivity index (χ1) is 10.1. The van der Waals surface area contributed by atoms with E-state index in [4.69, 9.17) is 26.2 Å². The number of hydrogen-bond acceptors (Lipinski definition) is 3. The second kappa shape index (κ2) is 5.66. The van der Waals surface area contributed by atoms with Crippen molar-refractivity contribution in [2.75, 3.05) is 6.61 Å². The molecule has 3 rings (SSSR count). The van der Waals surface area contributed by atoms with Gasteiger partial charge in [-0.3, -0.25) is 0 Å². The number of rotatable bonds is 4. The summed E-state index contributed by atoms with van der Waals surface area (Å²) in [6, 6.07) is 12.4. The highest BCUT2D eigenvalue weighted by Crippen LogP contribution is 2.31. The maximum Gasteiger partial charge on any atom is 0.339 e. The van der Waals surface area contributed by atoms with Crippen LogP contribution in [0.15, 0.2) is 42.5 Å². The summed E-state index contributed by atoms with van der Waals surface area (Å²) >= 11 is 6.02. The van der Waals surface area contributed by atoms with Crippen molar-refractivity contribution < 1.29 is 19.4 Å². The Bertz CT molecular complexity index is 659. The highest BCUT2D eigenvalue weighted by molar-refractivity contribution is 6.32. The molecule has 4 nitrogen and oxygen atoms in total. The van der Waals surface area contributed by atoms with Gasteiger partial charge in [0, 0.05) is 6.42 Å². The van der Waals surface area contributed by atoms with Crippen molar-refractivity contribution in [1.29, 1.82) is 0 Å². The largest absolute Gasteiger partial charge is 0.487 e. The highest BCUT2D eigenvalue weighted by Gasteiger charge is 2.24. The average Bonchev–Trinajstić information content (AvgIpc) is 2.88. The van der Waals surface area contributed by atoms with E-state index < -0.39 is 5.97 Å². The normalized spacial score (nSPS) is 16.1. The van der Waals surface area contributed by atoms with Crippen LogP contribution in [0.5, 0.6) is 11.5 Å². The summed E-state index contributed by atoms with van der Waals surface area (Å²) in [5, 5.41) is 9.44. The van der Waals surface area contributed by atoms with E-state index in [1.165, 1.54) is 6.07 Å². The molecule has 2 aromatic carbocycles. The van der Waals surface area contributed by atoms with Gasteiger partial charge in [0.2, 0.25) is 0 Å². The van der Waals surface area contributed by atoms with Gasteiger partial charge in [-0.1, -0.05) is 35.9 Å². The molecule has 0 fully saturated rings. The lowest BCUT2D eigenvalue weighted by molar-refractivity contribution is 0.0688. The number of ether oxygens (including phenoxy) is 2. The minimum atomic E-state index is -1.07. The van der Waals surface area contributed by atoms with E-state index in [1.54, 1.807) is 12.1 Å². The van der Waals surface area contributed by atoms with Gasteiger partial charge in [0.1, 0.15) is 24.0 Å². The Hall–Kier alpha value is -2.20. The van der Waals surface area contributed by atoms with Gasteiger partial charge in [0.05, 0.1) is 5.02 Å². The SMILES string of the molecule is O=C(O)c1cccc(Cl)c1OCC1Cc2ccccc2O1. The number of fused-ring (bicyclic) bond motifs is 1. The van der Waals surface area contributed by atoms with Gasteiger partial charge >= 0.3 is 5.97 Å². The minimum Gasteiger partial charge on any atom is -0.487 e. The highest BCUT2D eigenvalue weighted by atomic mass is 35.5. The maximum atomic E-state index is 11.2. The van der Waals surface area contributed by atoms with E-state index in [0.717, 1.165) is 17.7 Å². The fourth-order valence-electron chi connectivity index (χ4n) is 2.35. The summed E-state index contributed by atoms with van der Waals surface area (Å²) < 4.78 is 11.4. The lowest BCUT2D eigenvalue weighted by Gasteiger charge is -2.14. The summed E-state index contributed by atoms with van der Waals surface area (Å²) in [6.45, 7) is 0.249. The molecule has 0 saturated heterocycles. The van der Waals surface area contributed by atoms with Gasteiger partial charge in [-0.05, 0) is 23.8 Å². The van der Waals surface area contributed by atoms with E-state index >= 15 is 0 Å². The molecule has 0 amide bonds. The first-order valence-corrected chi connectivity index (χ1v) is 6.92. The molecule has 5 heteroatoms. The lowest BCUT2D eigenvalue weighted by atomic mass is 10.1. The first-order valence-electron chi connectivity index (χ1n) is 6.54. The second-order valence-corrected chi connectivity index (χ2v) is 5.19. The van der Waals surface area contributed by atoms with Gasteiger partial charge < -0.3 is 14.6 Å². The van der Waals surface area contributed by atoms with Crippen molar-refractivity contribution in [2.24, 2.45) is 0 Å². The van der Waals surface area contributed by atoms with Crippen LogP contribution in [-0.4, -0.2) is 23.8 Å². The lowest BCUT2D eigenvalue weighted by Crippen LogP contribution is -2.23. The molecule has 1 atom stereocenters. The van der Waals surface area contributed by atoms with Crippen LogP contribution in [0.25, 0.3) is 0 Å². The van der Waals surface area contributed by atoms with Crippen LogP contribution in [0.3, 0.4) is 0 Å². The van der Waals surface area contributed by atoms with Crippen LogP contribution in [0.4, 0.5) is 0 Å². The Morgan fingerprint density at radius 1 is 1.29 bits per heavy atom. The molecule has 0 radical (unpaired) electrons. The van der Waals surface area contributed by atoms with Crippen molar-refractivity contribution >= 4 is 17.6 Å². The Balaban J connectivity index is 1.71. The van der Waals surface area contributed by atoms with Crippen LogP contribution in [0.2, 0.25) is 5.02 Å². The third-order valence-electron chi connectivity index (χ3n) is 3.32. The van der Waals surface area contributed by atoms with Crippen LogP contribution in [0, 0.1) is 0 Å². The number of aromatic carboxylic acids is 1. The average molecular weight is 305 g/mol. The number of halogens is 1. The summed E-state index contributed by atoms with van der Waals surface area (Å²) in [5.74, 6) is -0.0296. The minimum absolute atomic E-state index is 0.0537. The standard InChI is InChI=1S/C16H13ClO4/c17-13-6-3-5-12(16(18)19)15(13)20-9-11-8-10-4-1-2-7-14(10)21-11/h1-7,11H,8-9H2,(H,18,19). The van der Waals surface area contributed by atoms with Gasteiger partial charge in [0.15, 0.2) is 5.75 Å². The number of hydrogen-bond donors (Lipinski definition) is 1. The van der Waals surface area contributed by atoms with Gasteiger partial charge in [-0.15, -0.1) is 0 Å². The van der Waals surface area contributed by atoms with E-state index in [1.807, 2.05) is 24.3 Å². The van der Waals surface area contributed by atoms with E-state index in [2.05, 4.69) is 0 Å². The summed E-state index contributed by atoms with van der Waals surface area (Å²) in [5.41, 5.74) is 1.18. The fourth-order valence-corrected chi connectivity index (χ4v) is 2.58. The fraction of sp³-hybridized carbons (Fsp3) is 0.188. The van der Waals surface area contributed by atoms with Crippen LogP contribution >= 0.6 is 11.6 Å². The predicted octanol–water partition coefficient (Wildman–Crippen LogP) is 3.42. The Morgan fingerprint density at radius 2 is 2.10 bits per heavy atom. The van der Waals surface area contributed by atoms with Gasteiger partial charge in [0.25, 0.3) is 0 Å². The molecular weight excluding hydrogens is 292 g/mol. The predicted molar refractivity (Wildman–Crippen MR) is 78.5 cm³/mol. The summed E-state index contributed by atoms with van der Waals surface area (Å²) in [6.07, 6.45) is 0.601. The molecular formula is C16H13ClO4. The zero-order valence-corrected chi connectivity index (χ0v) is 11.8. The second-order valence-electron chi connectivity index (χ2n) is 4.78. The Morgan fingerprint density at radius 3 is 2.86 bits per heavy atom. The molecule has 1 aliphatic rings. The molecule has 0 spiro atoms. The Labute approximate surface area is 126 Å². The van der Waals surface area contributed by atoms with E-state index in [0.29, 0.717) is 0 Å². The summed E-state index contributed by atoms with van der Waals surface area (Å²) in [7, 11) is 0. The van der Waals surface area contributed by atoms with Crippen molar-refractivity contribution in [3.8, 4) is 11.5 Å². The van der Waals surface area contributed by atoms with E-state index in [-0.39, 0.29) is 29.0 Å². The number of carboxylic acids is 1. The zero-order chi connectivity index (χ0) is 14.8. The van der Waals surface area contributed by atoms with Crippen molar-refractivity contribution in [1.82, 2.24) is 0 Å². The maximum absolute atomic E-state index is 11.2. The number of carbonyl (C=O) groups is 1. The molecule has 0 aliphatic carbocycles. The zero-order valence-electron chi connectivity index (χ0n) is 11.1. The van der Waals surface area contributed by atoms with Crippen LogP contribution in [-0.2, 0) is 6.42 Å². The summed E-state index contributed by atoms with van der Waals surface area (Å²) in [4.78, 5) is 11.2. The number of carboxylic acid groups (broad SMARTS) is 1. The third-order valence-corrected chi connectivity index (χ3v) is 3.62. The monoisotopic (exact) mass is 304 g/mol. The first kappa shape index (κ1) is 13.8.